The first-order valence-electron chi connectivity index (χ1n) is 7.14. The van der Waals surface area contributed by atoms with Crippen molar-refractivity contribution in [2.24, 2.45) is 0 Å². The molecule has 3 rings (SSSR count). The zero-order valence-electron chi connectivity index (χ0n) is 13.1. The second-order valence-corrected chi connectivity index (χ2v) is 5.87. The number of fused-ring (bicyclic) bond motifs is 1. The van der Waals surface area contributed by atoms with Gasteiger partial charge in [0.2, 0.25) is 0 Å². The van der Waals surface area contributed by atoms with E-state index >= 15 is 0 Å². The molecular weight excluding hydrogens is 308 g/mol. The maximum absolute atomic E-state index is 12.7. The zero-order chi connectivity index (χ0) is 16.4. The van der Waals surface area contributed by atoms with E-state index in [2.05, 4.69) is 20.3 Å². The molecule has 5 nitrogen and oxygen atoms in total. The average Bonchev–Trinajstić information content (AvgIpc) is 2.54. The SMILES string of the molecule is CSc1nc(C)nc(C)c1C(=O)Nc1cccc2ncccc12. The first kappa shape index (κ1) is 15.4. The van der Waals surface area contributed by atoms with Crippen molar-refractivity contribution >= 4 is 34.3 Å². The number of hydrogen-bond acceptors (Lipinski definition) is 5. The van der Waals surface area contributed by atoms with Crippen LogP contribution < -0.4 is 5.32 Å². The standard InChI is InChI=1S/C17H16N4OS/c1-10-15(17(23-3)20-11(2)19-10)16(22)21-14-8-4-7-13-12(14)6-5-9-18-13/h4-9H,1-3H3,(H,21,22). The van der Waals surface area contributed by atoms with Crippen LogP contribution in [0.25, 0.3) is 10.9 Å². The number of amides is 1. The highest BCUT2D eigenvalue weighted by Gasteiger charge is 2.18. The molecule has 1 amide bonds. The highest BCUT2D eigenvalue weighted by molar-refractivity contribution is 7.98. The highest BCUT2D eigenvalue weighted by atomic mass is 32.2. The van der Waals surface area contributed by atoms with Gasteiger partial charge in [-0.05, 0) is 44.4 Å². The fourth-order valence-corrected chi connectivity index (χ4v) is 3.16. The summed E-state index contributed by atoms with van der Waals surface area (Å²) >= 11 is 1.44. The molecule has 0 aliphatic heterocycles. The van der Waals surface area contributed by atoms with E-state index in [4.69, 9.17) is 0 Å². The van der Waals surface area contributed by atoms with Crippen LogP contribution in [-0.2, 0) is 0 Å². The summed E-state index contributed by atoms with van der Waals surface area (Å²) in [5, 5.41) is 4.55. The third-order valence-corrected chi connectivity index (χ3v) is 4.16. The van der Waals surface area contributed by atoms with Crippen molar-refractivity contribution in [3.8, 4) is 0 Å². The summed E-state index contributed by atoms with van der Waals surface area (Å²) in [6, 6.07) is 9.44. The van der Waals surface area contributed by atoms with Gasteiger partial charge in [-0.3, -0.25) is 9.78 Å². The van der Waals surface area contributed by atoms with E-state index in [1.807, 2.05) is 50.4 Å². The van der Waals surface area contributed by atoms with E-state index in [0.717, 1.165) is 16.6 Å². The summed E-state index contributed by atoms with van der Waals surface area (Å²) in [6.45, 7) is 3.65. The van der Waals surface area contributed by atoms with Gasteiger partial charge in [0, 0.05) is 11.6 Å². The van der Waals surface area contributed by atoms with Gasteiger partial charge in [0.1, 0.15) is 10.9 Å². The van der Waals surface area contributed by atoms with Crippen LogP contribution in [0, 0.1) is 13.8 Å². The fraction of sp³-hybridized carbons (Fsp3) is 0.176. The van der Waals surface area contributed by atoms with Crippen LogP contribution in [0.1, 0.15) is 21.9 Å². The summed E-state index contributed by atoms with van der Waals surface area (Å²) in [6.07, 6.45) is 3.64. The third-order valence-electron chi connectivity index (χ3n) is 3.48. The number of pyridine rings is 1. The smallest absolute Gasteiger partial charge is 0.260 e. The molecular formula is C17H16N4OS. The summed E-state index contributed by atoms with van der Waals surface area (Å²) in [7, 11) is 0. The van der Waals surface area contributed by atoms with Gasteiger partial charge in [-0.2, -0.15) is 0 Å². The van der Waals surface area contributed by atoms with Crippen molar-refractivity contribution in [2.45, 2.75) is 18.9 Å². The Hall–Kier alpha value is -2.47. The lowest BCUT2D eigenvalue weighted by Gasteiger charge is -2.12. The monoisotopic (exact) mass is 324 g/mol. The number of nitrogens with zero attached hydrogens (tertiary/aromatic N) is 3. The van der Waals surface area contributed by atoms with Gasteiger partial charge in [0.05, 0.1) is 22.5 Å². The lowest BCUT2D eigenvalue weighted by molar-refractivity contribution is 0.102. The third kappa shape index (κ3) is 3.03. The summed E-state index contributed by atoms with van der Waals surface area (Å²) in [4.78, 5) is 25.7. The molecule has 0 unspecified atom stereocenters. The van der Waals surface area contributed by atoms with Crippen LogP contribution in [0.15, 0.2) is 41.6 Å². The van der Waals surface area contributed by atoms with Crippen LogP contribution in [0.3, 0.4) is 0 Å². The molecule has 0 aliphatic rings. The summed E-state index contributed by atoms with van der Waals surface area (Å²) in [5.41, 5.74) is 2.77. The Bertz CT molecular complexity index is 890. The second-order valence-electron chi connectivity index (χ2n) is 5.07. The summed E-state index contributed by atoms with van der Waals surface area (Å²) < 4.78 is 0. The number of aromatic nitrogens is 3. The number of rotatable bonds is 3. The largest absolute Gasteiger partial charge is 0.321 e. The van der Waals surface area contributed by atoms with Gasteiger partial charge in [-0.15, -0.1) is 11.8 Å². The molecule has 0 fully saturated rings. The molecule has 1 N–H and O–H groups in total. The molecule has 1 aromatic carbocycles. The molecule has 116 valence electrons. The fourth-order valence-electron chi connectivity index (χ4n) is 2.49. The van der Waals surface area contributed by atoms with E-state index in [1.165, 1.54) is 11.8 Å². The van der Waals surface area contributed by atoms with Gasteiger partial charge in [0.25, 0.3) is 5.91 Å². The van der Waals surface area contributed by atoms with Gasteiger partial charge in [0.15, 0.2) is 0 Å². The van der Waals surface area contributed by atoms with Gasteiger partial charge in [-0.25, -0.2) is 9.97 Å². The van der Waals surface area contributed by atoms with Crippen molar-refractivity contribution in [3.05, 3.63) is 53.6 Å². The topological polar surface area (TPSA) is 67.8 Å². The Labute approximate surface area is 138 Å². The number of benzene rings is 1. The minimum Gasteiger partial charge on any atom is -0.321 e. The lowest BCUT2D eigenvalue weighted by Crippen LogP contribution is -2.17. The van der Waals surface area contributed by atoms with Gasteiger partial charge >= 0.3 is 0 Å². The Kier molecular flexibility index (Phi) is 4.25. The van der Waals surface area contributed by atoms with Crippen LogP contribution in [0.4, 0.5) is 5.69 Å². The van der Waals surface area contributed by atoms with Crippen LogP contribution >= 0.6 is 11.8 Å². The maximum Gasteiger partial charge on any atom is 0.260 e. The normalized spacial score (nSPS) is 10.7. The predicted molar refractivity (Wildman–Crippen MR) is 93.0 cm³/mol. The van der Waals surface area contributed by atoms with Crippen LogP contribution in [0.2, 0.25) is 0 Å². The zero-order valence-corrected chi connectivity index (χ0v) is 13.9. The number of carbonyl (C=O) groups excluding carboxylic acids is 1. The van der Waals surface area contributed by atoms with E-state index in [1.54, 1.807) is 6.20 Å². The van der Waals surface area contributed by atoms with E-state index in [-0.39, 0.29) is 5.91 Å². The predicted octanol–water partition coefficient (Wildman–Crippen LogP) is 3.62. The molecule has 6 heteroatoms. The molecule has 0 aliphatic carbocycles. The molecule has 0 saturated heterocycles. The molecule has 0 radical (unpaired) electrons. The number of thioether (sulfide) groups is 1. The molecule has 2 heterocycles. The minimum absolute atomic E-state index is 0.205. The molecule has 0 bridgehead atoms. The van der Waals surface area contributed by atoms with E-state index in [0.29, 0.717) is 22.1 Å². The molecule has 23 heavy (non-hydrogen) atoms. The molecule has 3 aromatic rings. The first-order chi connectivity index (χ1) is 11.1. The van der Waals surface area contributed by atoms with Crippen molar-refractivity contribution in [3.63, 3.8) is 0 Å². The lowest BCUT2D eigenvalue weighted by atomic mass is 10.1. The minimum atomic E-state index is -0.205. The van der Waals surface area contributed by atoms with Gasteiger partial charge in [-0.1, -0.05) is 6.07 Å². The van der Waals surface area contributed by atoms with E-state index in [9.17, 15) is 4.79 Å². The molecule has 0 saturated carbocycles. The number of aryl methyl sites for hydroxylation is 2. The van der Waals surface area contributed by atoms with E-state index < -0.39 is 0 Å². The summed E-state index contributed by atoms with van der Waals surface area (Å²) in [5.74, 6) is 0.459. The van der Waals surface area contributed by atoms with Crippen molar-refractivity contribution in [1.29, 1.82) is 0 Å². The van der Waals surface area contributed by atoms with Crippen LogP contribution in [-0.4, -0.2) is 27.1 Å². The quantitative estimate of drug-likeness (QED) is 0.589. The van der Waals surface area contributed by atoms with Crippen molar-refractivity contribution < 1.29 is 4.79 Å². The molecule has 0 spiro atoms. The Morgan fingerprint density at radius 3 is 2.74 bits per heavy atom. The average molecular weight is 324 g/mol. The van der Waals surface area contributed by atoms with Gasteiger partial charge < -0.3 is 5.32 Å². The Balaban J connectivity index is 2.02. The number of carbonyl (C=O) groups is 1. The Morgan fingerprint density at radius 1 is 1.13 bits per heavy atom. The van der Waals surface area contributed by atoms with Crippen molar-refractivity contribution in [1.82, 2.24) is 15.0 Å². The number of hydrogen-bond donors (Lipinski definition) is 1. The molecule has 2 aromatic heterocycles. The number of nitrogens with one attached hydrogen (secondary N) is 1. The first-order valence-corrected chi connectivity index (χ1v) is 8.37. The molecule has 0 atom stereocenters. The van der Waals surface area contributed by atoms with Crippen molar-refractivity contribution in [2.75, 3.05) is 11.6 Å². The highest BCUT2D eigenvalue weighted by Crippen LogP contribution is 2.25. The number of anilines is 1. The Morgan fingerprint density at radius 2 is 1.96 bits per heavy atom. The van der Waals surface area contributed by atoms with Crippen LogP contribution in [0.5, 0.6) is 0 Å². The maximum atomic E-state index is 12.7. The second kappa shape index (κ2) is 6.34.